The number of nitrogens with one attached hydrogen (secondary N) is 2. The number of rotatable bonds is 5. The number of H-pyrrole nitrogens is 1. The first-order valence-corrected chi connectivity index (χ1v) is 8.68. The molecule has 3 rings (SSSR count). The SMILES string of the molecule is CC[C@@H](NC(=O)c1cnc(-c2csc(C)n2)[nH]c1=O)c1ccnn1C. The highest BCUT2D eigenvalue weighted by molar-refractivity contribution is 7.09. The van der Waals surface area contributed by atoms with Crippen molar-refractivity contribution in [2.45, 2.75) is 26.3 Å². The minimum absolute atomic E-state index is 0.0312. The summed E-state index contributed by atoms with van der Waals surface area (Å²) in [5.41, 5.74) is 0.937. The van der Waals surface area contributed by atoms with Crippen LogP contribution in [0.25, 0.3) is 11.5 Å². The van der Waals surface area contributed by atoms with Gasteiger partial charge in [0, 0.05) is 24.8 Å². The molecule has 0 saturated heterocycles. The van der Waals surface area contributed by atoms with Crippen LogP contribution in [-0.2, 0) is 7.05 Å². The zero-order valence-corrected chi connectivity index (χ0v) is 14.9. The maximum Gasteiger partial charge on any atom is 0.264 e. The molecule has 0 aliphatic heterocycles. The zero-order valence-electron chi connectivity index (χ0n) is 14.1. The standard InChI is InChI=1S/C16H18N6O2S/c1-4-11(13-5-6-18-22(13)3)20-15(23)10-7-17-14(21-16(10)24)12-8-25-9(2)19-12/h5-8,11H,4H2,1-3H3,(H,20,23)(H,17,21,24)/t11-/m1/s1. The Morgan fingerprint density at radius 3 is 2.84 bits per heavy atom. The van der Waals surface area contributed by atoms with Gasteiger partial charge in [-0.15, -0.1) is 11.3 Å². The van der Waals surface area contributed by atoms with E-state index in [0.29, 0.717) is 17.9 Å². The Morgan fingerprint density at radius 1 is 1.48 bits per heavy atom. The number of aromatic amines is 1. The first-order chi connectivity index (χ1) is 12.0. The number of nitrogens with zero attached hydrogens (tertiary/aromatic N) is 4. The highest BCUT2D eigenvalue weighted by Crippen LogP contribution is 2.17. The summed E-state index contributed by atoms with van der Waals surface area (Å²) in [7, 11) is 1.81. The van der Waals surface area contributed by atoms with Gasteiger partial charge in [-0.2, -0.15) is 5.10 Å². The van der Waals surface area contributed by atoms with E-state index in [9.17, 15) is 9.59 Å². The topological polar surface area (TPSA) is 106 Å². The van der Waals surface area contributed by atoms with E-state index in [4.69, 9.17) is 0 Å². The molecule has 0 aromatic carbocycles. The minimum atomic E-state index is -0.493. The number of hydrogen-bond donors (Lipinski definition) is 2. The van der Waals surface area contributed by atoms with Crippen LogP contribution in [-0.4, -0.2) is 30.6 Å². The lowest BCUT2D eigenvalue weighted by molar-refractivity contribution is 0.0932. The number of amides is 1. The van der Waals surface area contributed by atoms with Gasteiger partial charge < -0.3 is 10.3 Å². The lowest BCUT2D eigenvalue weighted by Crippen LogP contribution is -2.33. The van der Waals surface area contributed by atoms with E-state index in [2.05, 4.69) is 25.4 Å². The molecule has 25 heavy (non-hydrogen) atoms. The Balaban J connectivity index is 1.82. The number of aromatic nitrogens is 5. The summed E-state index contributed by atoms with van der Waals surface area (Å²) >= 11 is 1.47. The first-order valence-electron chi connectivity index (χ1n) is 7.80. The maximum absolute atomic E-state index is 12.5. The van der Waals surface area contributed by atoms with Gasteiger partial charge in [-0.25, -0.2) is 9.97 Å². The van der Waals surface area contributed by atoms with Crippen LogP contribution < -0.4 is 10.9 Å². The smallest absolute Gasteiger partial charge is 0.264 e. The third-order valence-corrected chi connectivity index (χ3v) is 4.61. The number of carbonyl (C=O) groups excluding carboxylic acids is 1. The predicted molar refractivity (Wildman–Crippen MR) is 94.4 cm³/mol. The van der Waals surface area contributed by atoms with Gasteiger partial charge in [0.25, 0.3) is 11.5 Å². The van der Waals surface area contributed by atoms with Crippen LogP contribution in [0.4, 0.5) is 0 Å². The molecule has 0 unspecified atom stereocenters. The average molecular weight is 358 g/mol. The molecular formula is C16H18N6O2S. The fourth-order valence-electron chi connectivity index (χ4n) is 2.51. The Kier molecular flexibility index (Phi) is 4.75. The molecule has 9 heteroatoms. The number of thiazole rings is 1. The summed E-state index contributed by atoms with van der Waals surface area (Å²) in [4.78, 5) is 35.8. The van der Waals surface area contributed by atoms with Crippen molar-refractivity contribution in [3.63, 3.8) is 0 Å². The fourth-order valence-corrected chi connectivity index (χ4v) is 3.10. The molecule has 3 heterocycles. The molecule has 0 aliphatic rings. The maximum atomic E-state index is 12.5. The lowest BCUT2D eigenvalue weighted by atomic mass is 10.1. The van der Waals surface area contributed by atoms with Crippen LogP contribution in [0.5, 0.6) is 0 Å². The van der Waals surface area contributed by atoms with E-state index in [1.165, 1.54) is 17.5 Å². The summed E-state index contributed by atoms with van der Waals surface area (Å²) in [6.45, 7) is 3.82. The van der Waals surface area contributed by atoms with Crippen LogP contribution >= 0.6 is 11.3 Å². The molecule has 3 aromatic heterocycles. The first kappa shape index (κ1) is 17.0. The van der Waals surface area contributed by atoms with Crippen molar-refractivity contribution in [1.29, 1.82) is 0 Å². The fraction of sp³-hybridized carbons (Fsp3) is 0.312. The van der Waals surface area contributed by atoms with Gasteiger partial charge in [0.1, 0.15) is 11.3 Å². The molecule has 2 N–H and O–H groups in total. The number of aryl methyl sites for hydroxylation is 2. The average Bonchev–Trinajstić information content (AvgIpc) is 3.21. The number of carbonyl (C=O) groups is 1. The lowest BCUT2D eigenvalue weighted by Gasteiger charge is -2.17. The molecule has 0 aliphatic carbocycles. The van der Waals surface area contributed by atoms with Crippen molar-refractivity contribution in [2.24, 2.45) is 7.05 Å². The van der Waals surface area contributed by atoms with Gasteiger partial charge in [0.15, 0.2) is 5.82 Å². The van der Waals surface area contributed by atoms with Crippen molar-refractivity contribution < 1.29 is 4.79 Å². The summed E-state index contributed by atoms with van der Waals surface area (Å²) in [5, 5.41) is 9.65. The van der Waals surface area contributed by atoms with Gasteiger partial charge in [-0.1, -0.05) is 6.92 Å². The molecule has 0 saturated carbocycles. The van der Waals surface area contributed by atoms with E-state index >= 15 is 0 Å². The molecule has 3 aromatic rings. The molecule has 8 nitrogen and oxygen atoms in total. The summed E-state index contributed by atoms with van der Waals surface area (Å²) < 4.78 is 1.70. The summed E-state index contributed by atoms with van der Waals surface area (Å²) in [6, 6.07) is 1.60. The minimum Gasteiger partial charge on any atom is -0.343 e. The summed E-state index contributed by atoms with van der Waals surface area (Å²) in [5.74, 6) is -0.118. The van der Waals surface area contributed by atoms with Crippen LogP contribution in [0.15, 0.2) is 28.6 Å². The molecular weight excluding hydrogens is 340 g/mol. The monoisotopic (exact) mass is 358 g/mol. The highest BCUT2D eigenvalue weighted by Gasteiger charge is 2.19. The summed E-state index contributed by atoms with van der Waals surface area (Å²) in [6.07, 6.45) is 3.63. The van der Waals surface area contributed by atoms with Crippen molar-refractivity contribution in [3.8, 4) is 11.5 Å². The normalized spacial score (nSPS) is 12.1. The predicted octanol–water partition coefficient (Wildman–Crippen LogP) is 1.82. The Morgan fingerprint density at radius 2 is 2.28 bits per heavy atom. The molecule has 130 valence electrons. The van der Waals surface area contributed by atoms with Crippen molar-refractivity contribution in [2.75, 3.05) is 0 Å². The molecule has 0 fully saturated rings. The highest BCUT2D eigenvalue weighted by atomic mass is 32.1. The van der Waals surface area contributed by atoms with Crippen molar-refractivity contribution in [1.82, 2.24) is 30.0 Å². The van der Waals surface area contributed by atoms with E-state index in [-0.39, 0.29) is 11.6 Å². The molecule has 0 spiro atoms. The van der Waals surface area contributed by atoms with Crippen LogP contribution in [0.3, 0.4) is 0 Å². The van der Waals surface area contributed by atoms with Gasteiger partial charge in [0.05, 0.1) is 16.7 Å². The molecule has 0 bridgehead atoms. The quantitative estimate of drug-likeness (QED) is 0.724. The second-order valence-corrected chi connectivity index (χ2v) is 6.60. The van der Waals surface area contributed by atoms with Gasteiger partial charge >= 0.3 is 0 Å². The van der Waals surface area contributed by atoms with Gasteiger partial charge in [-0.3, -0.25) is 14.3 Å². The van der Waals surface area contributed by atoms with Gasteiger partial charge in [-0.05, 0) is 19.4 Å². The van der Waals surface area contributed by atoms with Gasteiger partial charge in [0.2, 0.25) is 0 Å². The second kappa shape index (κ2) is 6.98. The number of hydrogen-bond acceptors (Lipinski definition) is 6. The molecule has 1 amide bonds. The van der Waals surface area contributed by atoms with E-state index in [1.807, 2.05) is 32.3 Å². The largest absolute Gasteiger partial charge is 0.343 e. The zero-order chi connectivity index (χ0) is 18.0. The Bertz CT molecular complexity index is 957. The van der Waals surface area contributed by atoms with Crippen LogP contribution in [0.2, 0.25) is 0 Å². The third kappa shape index (κ3) is 3.50. The van der Waals surface area contributed by atoms with Crippen molar-refractivity contribution >= 4 is 17.2 Å². The van der Waals surface area contributed by atoms with E-state index < -0.39 is 11.5 Å². The Hall–Kier alpha value is -2.81. The molecule has 0 radical (unpaired) electrons. The Labute approximate surface area is 148 Å². The second-order valence-electron chi connectivity index (χ2n) is 5.54. The third-order valence-electron chi connectivity index (χ3n) is 3.83. The van der Waals surface area contributed by atoms with E-state index in [0.717, 1.165) is 10.7 Å². The van der Waals surface area contributed by atoms with Crippen molar-refractivity contribution in [3.05, 3.63) is 50.5 Å². The molecule has 1 atom stereocenters. The van der Waals surface area contributed by atoms with Crippen LogP contribution in [0.1, 0.15) is 40.4 Å². The van der Waals surface area contributed by atoms with Crippen LogP contribution in [0, 0.1) is 6.92 Å². The van der Waals surface area contributed by atoms with E-state index in [1.54, 1.807) is 10.9 Å².